The van der Waals surface area contributed by atoms with E-state index in [4.69, 9.17) is 5.73 Å². The maximum absolute atomic E-state index is 12.3. The van der Waals surface area contributed by atoms with Gasteiger partial charge in [0.1, 0.15) is 0 Å². The number of carbonyl (C=O) groups excluding carboxylic acids is 1. The first-order valence-electron chi connectivity index (χ1n) is 8.43. The van der Waals surface area contributed by atoms with Gasteiger partial charge in [0.05, 0.1) is 5.57 Å². The molecule has 25 heavy (non-hydrogen) atoms. The minimum absolute atomic E-state index is 0.391. The Labute approximate surface area is 148 Å². The first kappa shape index (κ1) is 16.7. The Hall–Kier alpha value is -3.13. The summed E-state index contributed by atoms with van der Waals surface area (Å²) in [5.74, 6) is -0.391. The van der Waals surface area contributed by atoms with Gasteiger partial charge in [-0.2, -0.15) is 0 Å². The van der Waals surface area contributed by atoms with Crippen molar-refractivity contribution >= 4 is 17.1 Å². The highest BCUT2D eigenvalue weighted by Crippen LogP contribution is 2.30. The second kappa shape index (κ2) is 8.11. The molecule has 2 nitrogen and oxygen atoms in total. The topological polar surface area (TPSA) is 43.1 Å². The van der Waals surface area contributed by atoms with Gasteiger partial charge in [0.25, 0.3) is 0 Å². The van der Waals surface area contributed by atoms with E-state index in [1.165, 1.54) is 5.56 Å². The molecule has 3 rings (SSSR count). The fourth-order valence-corrected chi connectivity index (χ4v) is 3.04. The van der Waals surface area contributed by atoms with Crippen LogP contribution in [0.1, 0.15) is 23.1 Å². The quantitative estimate of drug-likeness (QED) is 0.517. The summed E-state index contributed by atoms with van der Waals surface area (Å²) in [6.45, 7) is 0. The molecule has 0 fully saturated rings. The summed E-state index contributed by atoms with van der Waals surface area (Å²) in [6, 6.07) is 30.0. The summed E-state index contributed by atoms with van der Waals surface area (Å²) in [4.78, 5) is 12.3. The van der Waals surface area contributed by atoms with Gasteiger partial charge in [0.2, 0.25) is 5.91 Å². The monoisotopic (exact) mass is 327 g/mol. The van der Waals surface area contributed by atoms with Crippen LogP contribution in [0.3, 0.4) is 0 Å². The van der Waals surface area contributed by atoms with E-state index in [0.29, 0.717) is 5.57 Å². The number of allylic oxidation sites excluding steroid dienone is 1. The number of primary amides is 1. The van der Waals surface area contributed by atoms with Crippen molar-refractivity contribution in [2.75, 3.05) is 0 Å². The number of rotatable bonds is 6. The average Bonchev–Trinajstić information content (AvgIpc) is 2.67. The Morgan fingerprint density at radius 1 is 0.680 bits per heavy atom. The molecule has 0 bridgehead atoms. The smallest absolute Gasteiger partial charge is 0.249 e. The van der Waals surface area contributed by atoms with Gasteiger partial charge in [-0.25, -0.2) is 0 Å². The minimum atomic E-state index is -0.391. The van der Waals surface area contributed by atoms with Crippen molar-refractivity contribution in [1.29, 1.82) is 0 Å². The van der Waals surface area contributed by atoms with E-state index in [9.17, 15) is 4.79 Å². The number of carbonyl (C=O) groups is 1. The summed E-state index contributed by atoms with van der Waals surface area (Å²) in [7, 11) is 0. The van der Waals surface area contributed by atoms with Crippen LogP contribution >= 0.6 is 0 Å². The van der Waals surface area contributed by atoms with E-state index < -0.39 is 5.91 Å². The van der Waals surface area contributed by atoms with E-state index in [1.54, 1.807) is 0 Å². The van der Waals surface area contributed by atoms with Gasteiger partial charge in [-0.05, 0) is 35.1 Å². The molecule has 0 heterocycles. The summed E-state index contributed by atoms with van der Waals surface area (Å²) in [5.41, 5.74) is 10.5. The van der Waals surface area contributed by atoms with Gasteiger partial charge < -0.3 is 5.73 Å². The molecule has 124 valence electrons. The molecule has 0 radical (unpaired) electrons. The van der Waals surface area contributed by atoms with Crippen molar-refractivity contribution in [3.8, 4) is 0 Å². The van der Waals surface area contributed by atoms with Gasteiger partial charge >= 0.3 is 0 Å². The zero-order valence-corrected chi connectivity index (χ0v) is 14.1. The predicted octanol–water partition coefficient (Wildman–Crippen LogP) is 4.72. The second-order valence-electron chi connectivity index (χ2n) is 5.94. The van der Waals surface area contributed by atoms with E-state index in [0.717, 1.165) is 29.5 Å². The van der Waals surface area contributed by atoms with Crippen molar-refractivity contribution in [3.63, 3.8) is 0 Å². The van der Waals surface area contributed by atoms with Crippen molar-refractivity contribution < 1.29 is 4.79 Å². The molecule has 0 spiro atoms. The first-order valence-corrected chi connectivity index (χ1v) is 8.43. The molecule has 0 unspecified atom stereocenters. The number of hydrogen-bond donors (Lipinski definition) is 1. The van der Waals surface area contributed by atoms with Crippen LogP contribution < -0.4 is 5.73 Å². The van der Waals surface area contributed by atoms with E-state index in [-0.39, 0.29) is 0 Å². The zero-order valence-electron chi connectivity index (χ0n) is 14.1. The molecule has 0 saturated heterocycles. The highest BCUT2D eigenvalue weighted by atomic mass is 16.1. The molecule has 3 aromatic rings. The van der Waals surface area contributed by atoms with Crippen LogP contribution in [-0.4, -0.2) is 5.91 Å². The first-order chi connectivity index (χ1) is 12.3. The van der Waals surface area contributed by atoms with Crippen molar-refractivity contribution in [3.05, 3.63) is 108 Å². The van der Waals surface area contributed by atoms with E-state index in [2.05, 4.69) is 12.1 Å². The SMILES string of the molecule is NC(=O)C(=C(CCc1ccccc1)c1ccccc1)c1ccccc1. The van der Waals surface area contributed by atoms with E-state index >= 15 is 0 Å². The second-order valence-corrected chi connectivity index (χ2v) is 5.94. The molecule has 0 aliphatic heterocycles. The third kappa shape index (κ3) is 4.24. The lowest BCUT2D eigenvalue weighted by Crippen LogP contribution is -2.15. The highest BCUT2D eigenvalue weighted by Gasteiger charge is 2.16. The minimum Gasteiger partial charge on any atom is -0.366 e. The van der Waals surface area contributed by atoms with Crippen LogP contribution in [0.25, 0.3) is 11.1 Å². The molecular weight excluding hydrogens is 306 g/mol. The molecule has 0 atom stereocenters. The molecule has 0 aromatic heterocycles. The molecule has 0 saturated carbocycles. The van der Waals surface area contributed by atoms with Crippen molar-refractivity contribution in [2.24, 2.45) is 5.73 Å². The largest absolute Gasteiger partial charge is 0.366 e. The maximum Gasteiger partial charge on any atom is 0.249 e. The third-order valence-electron chi connectivity index (χ3n) is 4.24. The van der Waals surface area contributed by atoms with Crippen molar-refractivity contribution in [2.45, 2.75) is 12.8 Å². The molecule has 3 aromatic carbocycles. The Bertz CT molecular complexity index is 852. The number of aryl methyl sites for hydroxylation is 1. The summed E-state index contributed by atoms with van der Waals surface area (Å²) < 4.78 is 0. The number of benzene rings is 3. The normalized spacial score (nSPS) is 11.7. The highest BCUT2D eigenvalue weighted by molar-refractivity contribution is 6.26. The van der Waals surface area contributed by atoms with Crippen molar-refractivity contribution in [1.82, 2.24) is 0 Å². The number of amides is 1. The Kier molecular flexibility index (Phi) is 5.43. The fraction of sp³-hybridized carbons (Fsp3) is 0.0870. The summed E-state index contributed by atoms with van der Waals surface area (Å²) in [5, 5.41) is 0. The van der Waals surface area contributed by atoms with Crippen LogP contribution in [0, 0.1) is 0 Å². The predicted molar refractivity (Wildman–Crippen MR) is 104 cm³/mol. The standard InChI is InChI=1S/C23H21NO/c24-23(25)22(20-14-8-3-9-15-20)21(19-12-6-2-7-13-19)17-16-18-10-4-1-5-11-18/h1-15H,16-17H2,(H2,24,25). The summed E-state index contributed by atoms with van der Waals surface area (Å²) in [6.07, 6.45) is 1.61. The molecule has 2 N–H and O–H groups in total. The van der Waals surface area contributed by atoms with E-state index in [1.807, 2.05) is 78.9 Å². The number of nitrogens with two attached hydrogens (primary N) is 1. The summed E-state index contributed by atoms with van der Waals surface area (Å²) >= 11 is 0. The van der Waals surface area contributed by atoms with Gasteiger partial charge in [-0.1, -0.05) is 91.0 Å². The molecular formula is C23H21NO. The fourth-order valence-electron chi connectivity index (χ4n) is 3.04. The lowest BCUT2D eigenvalue weighted by Gasteiger charge is -2.14. The molecule has 0 aliphatic rings. The van der Waals surface area contributed by atoms with Crippen LogP contribution in [-0.2, 0) is 11.2 Å². The van der Waals surface area contributed by atoms with Crippen LogP contribution in [0.4, 0.5) is 0 Å². The molecule has 0 aliphatic carbocycles. The number of hydrogen-bond acceptors (Lipinski definition) is 1. The zero-order chi connectivity index (χ0) is 17.5. The third-order valence-corrected chi connectivity index (χ3v) is 4.24. The molecule has 2 heteroatoms. The van der Waals surface area contributed by atoms with Gasteiger partial charge in [0.15, 0.2) is 0 Å². The van der Waals surface area contributed by atoms with Gasteiger partial charge in [0, 0.05) is 0 Å². The Balaban J connectivity index is 2.06. The van der Waals surface area contributed by atoms with Crippen LogP contribution in [0.5, 0.6) is 0 Å². The van der Waals surface area contributed by atoms with Gasteiger partial charge in [-0.15, -0.1) is 0 Å². The lowest BCUT2D eigenvalue weighted by molar-refractivity contribution is -0.112. The van der Waals surface area contributed by atoms with Crippen LogP contribution in [0.15, 0.2) is 91.0 Å². The van der Waals surface area contributed by atoms with Gasteiger partial charge in [-0.3, -0.25) is 4.79 Å². The molecule has 1 amide bonds. The average molecular weight is 327 g/mol. The van der Waals surface area contributed by atoms with Crippen LogP contribution in [0.2, 0.25) is 0 Å². The Morgan fingerprint density at radius 3 is 1.68 bits per heavy atom. The Morgan fingerprint density at radius 2 is 1.16 bits per heavy atom. The lowest BCUT2D eigenvalue weighted by atomic mass is 9.90. The maximum atomic E-state index is 12.3.